The van der Waals surface area contributed by atoms with Gasteiger partial charge in [0.1, 0.15) is 9.75 Å². The maximum absolute atomic E-state index is 13.2. The average Bonchev–Trinajstić information content (AvgIpc) is 3.10. The smallest absolute Gasteiger partial charge is 0.269 e. The Labute approximate surface area is 206 Å². The van der Waals surface area contributed by atoms with Gasteiger partial charge in [-0.25, -0.2) is 0 Å². The number of benzene rings is 1. The second-order valence-corrected chi connectivity index (χ2v) is 11.6. The number of anilines is 1. The molecule has 5 rings (SSSR count). The number of hydrogen-bond acceptors (Lipinski definition) is 4. The van der Waals surface area contributed by atoms with Gasteiger partial charge in [-0.3, -0.25) is 24.6 Å². The van der Waals surface area contributed by atoms with E-state index in [0.717, 1.165) is 4.90 Å². The Hall–Kier alpha value is -0.760. The summed E-state index contributed by atoms with van der Waals surface area (Å²) < 4.78 is -1.71. The van der Waals surface area contributed by atoms with Crippen LogP contribution >= 0.6 is 69.6 Å². The largest absolute Gasteiger partial charge is 0.274 e. The second-order valence-electron chi connectivity index (χ2n) is 8.31. The van der Waals surface area contributed by atoms with Crippen LogP contribution < -0.4 is 4.90 Å². The summed E-state index contributed by atoms with van der Waals surface area (Å²) in [5, 5.41) is 11.0. The topological polar surface area (TPSA) is 80.5 Å². The lowest BCUT2D eigenvalue weighted by molar-refractivity contribution is -0.384. The quantitative estimate of drug-likeness (QED) is 0.211. The lowest BCUT2D eigenvalue weighted by Gasteiger charge is -2.42. The molecule has 0 aromatic heterocycles. The summed E-state index contributed by atoms with van der Waals surface area (Å²) in [4.78, 5) is 34.9. The van der Waals surface area contributed by atoms with Gasteiger partial charge in [0.25, 0.3) is 5.69 Å². The van der Waals surface area contributed by atoms with Crippen molar-refractivity contribution in [2.75, 3.05) is 4.90 Å². The van der Waals surface area contributed by atoms with Crippen LogP contribution in [0.3, 0.4) is 0 Å². The molecule has 1 aromatic carbocycles. The lowest BCUT2D eigenvalue weighted by Crippen LogP contribution is -2.44. The van der Waals surface area contributed by atoms with E-state index in [-0.39, 0.29) is 34.3 Å². The molecule has 4 aliphatic rings. The number of halogens is 6. The third-order valence-electron chi connectivity index (χ3n) is 7.15. The van der Waals surface area contributed by atoms with Gasteiger partial charge in [-0.1, -0.05) is 46.4 Å². The summed E-state index contributed by atoms with van der Waals surface area (Å²) in [7, 11) is 0. The van der Waals surface area contributed by atoms with Crippen LogP contribution in [0.5, 0.6) is 0 Å². The first kappa shape index (κ1) is 22.1. The molecule has 0 radical (unpaired) electrons. The minimum Gasteiger partial charge on any atom is -0.274 e. The van der Waals surface area contributed by atoms with E-state index in [2.05, 4.69) is 0 Å². The molecule has 1 aromatic rings. The van der Waals surface area contributed by atoms with Gasteiger partial charge in [-0.05, 0) is 36.8 Å². The Bertz CT molecular complexity index is 1040. The number of fused-ring (bicyclic) bond motifs is 6. The molecule has 0 N–H and O–H groups in total. The van der Waals surface area contributed by atoms with E-state index in [1.165, 1.54) is 24.3 Å². The number of hydrogen-bond donors (Lipinski definition) is 0. The third kappa shape index (κ3) is 2.39. The molecule has 6 atom stereocenters. The van der Waals surface area contributed by atoms with E-state index >= 15 is 0 Å². The van der Waals surface area contributed by atoms with E-state index in [9.17, 15) is 19.7 Å². The molecule has 2 bridgehead atoms. The molecule has 3 fully saturated rings. The monoisotopic (exact) mass is 542 g/mol. The number of nitrogens with zero attached hydrogens (tertiary/aromatic N) is 2. The van der Waals surface area contributed by atoms with Crippen molar-refractivity contribution < 1.29 is 14.5 Å². The fourth-order valence-electron chi connectivity index (χ4n) is 5.70. The van der Waals surface area contributed by atoms with Crippen molar-refractivity contribution in [1.29, 1.82) is 0 Å². The van der Waals surface area contributed by atoms with Crippen molar-refractivity contribution in [2.45, 2.75) is 26.9 Å². The van der Waals surface area contributed by atoms with Crippen LogP contribution in [-0.2, 0) is 9.59 Å². The number of nitro benzene ring substituents is 1. The Balaban J connectivity index is 1.52. The average molecular weight is 545 g/mol. The molecule has 164 valence electrons. The summed E-state index contributed by atoms with van der Waals surface area (Å²) in [6.45, 7) is 0. The summed E-state index contributed by atoms with van der Waals surface area (Å²) in [5.74, 6) is -3.07. The van der Waals surface area contributed by atoms with Gasteiger partial charge in [0.2, 0.25) is 11.8 Å². The first-order valence-electron chi connectivity index (χ1n) is 9.33. The zero-order valence-electron chi connectivity index (χ0n) is 15.3. The molecule has 2 saturated carbocycles. The van der Waals surface area contributed by atoms with Gasteiger partial charge in [-0.15, -0.1) is 23.2 Å². The summed E-state index contributed by atoms with van der Waals surface area (Å²) in [5.41, 5.74) is 0.123. The molecule has 0 unspecified atom stereocenters. The van der Waals surface area contributed by atoms with E-state index in [0.29, 0.717) is 0 Å². The van der Waals surface area contributed by atoms with Crippen LogP contribution in [-0.4, -0.2) is 30.8 Å². The SMILES string of the molecule is O=C1[C@@H]2C[C@@H]3[C@@H](C[C@H]2C(=O)N1c1ccc([N+](=O)[O-])cc1)[C@@]1(Cl)C(Cl)=C(Cl)[C@@]3(Cl)C1(Cl)Cl. The number of carbonyl (C=O) groups is 2. The number of carbonyl (C=O) groups excluding carboxylic acids is 2. The maximum Gasteiger partial charge on any atom is 0.269 e. The molecular formula is C19H12Cl6N2O4. The minimum absolute atomic E-state index is 0.0690. The zero-order valence-corrected chi connectivity index (χ0v) is 19.9. The molecule has 0 spiro atoms. The number of nitro groups is 1. The standard InChI is InChI=1S/C19H12Cl6N2O4/c20-13-14(21)18(23)12-6-10-9(5-11(12)17(13,22)19(18,24)25)15(28)26(16(10)29)7-1-3-8(4-2-7)27(30)31/h1-4,9-12H,5-6H2/t9-,10-,11-,12-,17-,18-/m1/s1. The van der Waals surface area contributed by atoms with E-state index < -0.39 is 54.5 Å². The first-order valence-corrected chi connectivity index (χ1v) is 11.6. The molecule has 3 aliphatic carbocycles. The molecule has 12 heteroatoms. The number of allylic oxidation sites excluding steroid dienone is 2. The number of rotatable bonds is 2. The molecule has 2 amide bonds. The van der Waals surface area contributed by atoms with Gasteiger partial charge in [0.15, 0.2) is 4.33 Å². The molecule has 1 heterocycles. The highest BCUT2D eigenvalue weighted by molar-refractivity contribution is 6.65. The molecular weight excluding hydrogens is 533 g/mol. The van der Waals surface area contributed by atoms with Gasteiger partial charge >= 0.3 is 0 Å². The predicted octanol–water partition coefficient (Wildman–Crippen LogP) is 5.57. The summed E-state index contributed by atoms with van der Waals surface area (Å²) >= 11 is 39.8. The van der Waals surface area contributed by atoms with Crippen molar-refractivity contribution >= 4 is 92.8 Å². The minimum atomic E-state index is -1.71. The second kappa shape index (κ2) is 6.64. The highest BCUT2D eigenvalue weighted by Crippen LogP contribution is 2.79. The molecule has 1 saturated heterocycles. The van der Waals surface area contributed by atoms with Crippen LogP contribution in [0.25, 0.3) is 0 Å². The van der Waals surface area contributed by atoms with Crippen LogP contribution in [0, 0.1) is 33.8 Å². The lowest BCUT2D eigenvalue weighted by atomic mass is 9.65. The Morgan fingerprint density at radius 2 is 1.29 bits per heavy atom. The molecule has 1 aliphatic heterocycles. The Morgan fingerprint density at radius 3 is 1.68 bits per heavy atom. The van der Waals surface area contributed by atoms with E-state index in [4.69, 9.17) is 69.6 Å². The highest BCUT2D eigenvalue weighted by atomic mass is 35.5. The van der Waals surface area contributed by atoms with E-state index in [1.54, 1.807) is 0 Å². The third-order valence-corrected chi connectivity index (χ3v) is 11.5. The van der Waals surface area contributed by atoms with Crippen LogP contribution in [0.2, 0.25) is 0 Å². The van der Waals surface area contributed by atoms with Crippen molar-refractivity contribution in [3.63, 3.8) is 0 Å². The Kier molecular flexibility index (Phi) is 4.73. The van der Waals surface area contributed by atoms with Crippen LogP contribution in [0.1, 0.15) is 12.8 Å². The fraction of sp³-hybridized carbons (Fsp3) is 0.474. The highest BCUT2D eigenvalue weighted by Gasteiger charge is 2.83. The number of alkyl halides is 4. The van der Waals surface area contributed by atoms with Gasteiger partial charge in [0, 0.05) is 12.1 Å². The van der Waals surface area contributed by atoms with Crippen molar-refractivity contribution in [2.24, 2.45) is 23.7 Å². The number of imide groups is 1. The number of amides is 2. The number of non-ortho nitro benzene ring substituents is 1. The molecule has 31 heavy (non-hydrogen) atoms. The summed E-state index contributed by atoms with van der Waals surface area (Å²) in [6.07, 6.45) is 0.422. The predicted molar refractivity (Wildman–Crippen MR) is 119 cm³/mol. The van der Waals surface area contributed by atoms with Crippen molar-refractivity contribution in [1.82, 2.24) is 0 Å². The van der Waals surface area contributed by atoms with Crippen molar-refractivity contribution in [3.8, 4) is 0 Å². The maximum atomic E-state index is 13.2. The summed E-state index contributed by atoms with van der Waals surface area (Å²) in [6, 6.07) is 5.24. The first-order chi connectivity index (χ1) is 14.4. The zero-order chi connectivity index (χ0) is 22.7. The van der Waals surface area contributed by atoms with Crippen LogP contribution in [0.15, 0.2) is 34.3 Å². The van der Waals surface area contributed by atoms with Gasteiger partial charge in [-0.2, -0.15) is 0 Å². The molecule has 6 nitrogen and oxygen atoms in total. The van der Waals surface area contributed by atoms with Gasteiger partial charge < -0.3 is 0 Å². The normalized spacial score (nSPS) is 40.4. The fourth-order valence-corrected chi connectivity index (χ4v) is 8.81. The van der Waals surface area contributed by atoms with E-state index in [1.807, 2.05) is 0 Å². The van der Waals surface area contributed by atoms with Crippen molar-refractivity contribution in [3.05, 3.63) is 44.4 Å². The Morgan fingerprint density at radius 1 is 0.871 bits per heavy atom. The van der Waals surface area contributed by atoms with Crippen LogP contribution in [0.4, 0.5) is 11.4 Å². The van der Waals surface area contributed by atoms with Gasteiger partial charge in [0.05, 0.1) is 32.5 Å².